The lowest BCUT2D eigenvalue weighted by Gasteiger charge is -2.29. The van der Waals surface area contributed by atoms with Crippen molar-refractivity contribution in [3.8, 4) is 11.6 Å². The van der Waals surface area contributed by atoms with E-state index < -0.39 is 6.36 Å². The molecule has 0 spiro atoms. The van der Waals surface area contributed by atoms with Gasteiger partial charge in [0.05, 0.1) is 17.5 Å². The van der Waals surface area contributed by atoms with Crippen molar-refractivity contribution in [2.75, 3.05) is 0 Å². The molecule has 4 aromatic rings. The van der Waals surface area contributed by atoms with Crippen LogP contribution < -0.4 is 4.74 Å². The standard InChI is InChI=1S/C25H21F3N4O2S/c26-25(27,28)34-21-9-8-18(16-33)14-22(21)35-32-15-19-7-4-10-29-23(19)31-12-11-30-24(31)20(32)13-17-5-2-1-3-6-17/h1-12,14,20,33H,13,15-16H2. The van der Waals surface area contributed by atoms with Gasteiger partial charge in [0, 0.05) is 30.7 Å². The lowest BCUT2D eigenvalue weighted by atomic mass is 10.1. The van der Waals surface area contributed by atoms with Crippen LogP contribution >= 0.6 is 11.9 Å². The highest BCUT2D eigenvalue weighted by Crippen LogP contribution is 2.43. The lowest BCUT2D eigenvalue weighted by Crippen LogP contribution is -2.25. The molecule has 2 aromatic heterocycles. The first-order valence-electron chi connectivity index (χ1n) is 10.9. The van der Waals surface area contributed by atoms with Gasteiger partial charge in [-0.25, -0.2) is 14.3 Å². The molecule has 5 rings (SSSR count). The highest BCUT2D eigenvalue weighted by atomic mass is 32.2. The van der Waals surface area contributed by atoms with Gasteiger partial charge in [-0.3, -0.25) is 4.57 Å². The summed E-state index contributed by atoms with van der Waals surface area (Å²) in [5.41, 5.74) is 2.46. The second-order valence-corrected chi connectivity index (χ2v) is 9.09. The minimum atomic E-state index is -4.84. The molecule has 0 saturated heterocycles. The van der Waals surface area contributed by atoms with Gasteiger partial charge in [-0.15, -0.1) is 13.2 Å². The molecule has 180 valence electrons. The molecule has 0 fully saturated rings. The van der Waals surface area contributed by atoms with Gasteiger partial charge in [0.25, 0.3) is 0 Å². The summed E-state index contributed by atoms with van der Waals surface area (Å²) in [6.45, 7) is 0.105. The van der Waals surface area contributed by atoms with Crippen molar-refractivity contribution < 1.29 is 23.0 Å². The molecule has 0 bridgehead atoms. The number of fused-ring (bicyclic) bond motifs is 3. The van der Waals surface area contributed by atoms with Crippen molar-refractivity contribution >= 4 is 11.9 Å². The average molecular weight is 499 g/mol. The van der Waals surface area contributed by atoms with E-state index in [1.807, 2.05) is 57.5 Å². The van der Waals surface area contributed by atoms with E-state index in [1.165, 1.54) is 18.2 Å². The monoisotopic (exact) mass is 498 g/mol. The molecule has 6 nitrogen and oxygen atoms in total. The number of ether oxygens (including phenoxy) is 1. The molecule has 0 saturated carbocycles. The van der Waals surface area contributed by atoms with Crippen LogP contribution in [0.25, 0.3) is 5.82 Å². The normalized spacial score (nSPS) is 15.8. The summed E-state index contributed by atoms with van der Waals surface area (Å²) in [6, 6.07) is 17.5. The van der Waals surface area contributed by atoms with Crippen LogP contribution in [0.5, 0.6) is 5.75 Å². The zero-order valence-corrected chi connectivity index (χ0v) is 19.2. The molecule has 1 aliphatic rings. The Morgan fingerprint density at radius 1 is 1.00 bits per heavy atom. The van der Waals surface area contributed by atoms with Crippen LogP contribution in [0.2, 0.25) is 0 Å². The summed E-state index contributed by atoms with van der Waals surface area (Å²) < 4.78 is 47.7. The Morgan fingerprint density at radius 3 is 2.60 bits per heavy atom. The lowest BCUT2D eigenvalue weighted by molar-refractivity contribution is -0.275. The zero-order chi connectivity index (χ0) is 24.4. The van der Waals surface area contributed by atoms with Gasteiger partial charge < -0.3 is 9.84 Å². The highest BCUT2D eigenvalue weighted by Gasteiger charge is 2.35. The maximum Gasteiger partial charge on any atom is 0.573 e. The van der Waals surface area contributed by atoms with E-state index in [4.69, 9.17) is 0 Å². The highest BCUT2D eigenvalue weighted by molar-refractivity contribution is 7.97. The fourth-order valence-electron chi connectivity index (χ4n) is 4.10. The van der Waals surface area contributed by atoms with E-state index >= 15 is 0 Å². The molecule has 1 aliphatic heterocycles. The minimum absolute atomic E-state index is 0.248. The average Bonchev–Trinajstić information content (AvgIpc) is 3.29. The smallest absolute Gasteiger partial charge is 0.405 e. The van der Waals surface area contributed by atoms with Crippen molar-refractivity contribution in [3.05, 3.63) is 102 Å². The van der Waals surface area contributed by atoms with Gasteiger partial charge in [0.15, 0.2) is 0 Å². The van der Waals surface area contributed by atoms with Crippen molar-refractivity contribution in [1.29, 1.82) is 0 Å². The molecule has 35 heavy (non-hydrogen) atoms. The van der Waals surface area contributed by atoms with Crippen molar-refractivity contribution in [2.45, 2.75) is 36.9 Å². The van der Waals surface area contributed by atoms with E-state index in [9.17, 15) is 18.3 Å². The Bertz CT molecular complexity index is 1310. The zero-order valence-electron chi connectivity index (χ0n) is 18.4. The van der Waals surface area contributed by atoms with Crippen molar-refractivity contribution in [1.82, 2.24) is 18.8 Å². The number of halogens is 3. The summed E-state index contributed by atoms with van der Waals surface area (Å²) >= 11 is 1.15. The third-order valence-corrected chi connectivity index (χ3v) is 6.77. The van der Waals surface area contributed by atoms with Crippen LogP contribution in [0.3, 0.4) is 0 Å². The Kier molecular flexibility index (Phi) is 6.50. The molecular formula is C25H21F3N4O2S. The number of nitrogens with zero attached hydrogens (tertiary/aromatic N) is 4. The molecule has 0 amide bonds. The third kappa shape index (κ3) is 5.19. The van der Waals surface area contributed by atoms with E-state index in [0.717, 1.165) is 34.7 Å². The van der Waals surface area contributed by atoms with Crippen LogP contribution in [0.4, 0.5) is 13.2 Å². The molecule has 0 aliphatic carbocycles. The molecular weight excluding hydrogens is 477 g/mol. The number of imidazole rings is 1. The number of benzene rings is 2. The van der Waals surface area contributed by atoms with Crippen molar-refractivity contribution in [3.63, 3.8) is 0 Å². The molecule has 1 atom stereocenters. The van der Waals surface area contributed by atoms with E-state index in [2.05, 4.69) is 14.7 Å². The van der Waals surface area contributed by atoms with Crippen LogP contribution in [-0.4, -0.2) is 30.3 Å². The third-order valence-electron chi connectivity index (χ3n) is 5.64. The van der Waals surface area contributed by atoms with E-state index in [1.54, 1.807) is 12.4 Å². The fourth-order valence-corrected chi connectivity index (χ4v) is 5.26. The van der Waals surface area contributed by atoms with Crippen LogP contribution in [0.15, 0.2) is 84.1 Å². The van der Waals surface area contributed by atoms with E-state index in [0.29, 0.717) is 18.5 Å². The molecule has 10 heteroatoms. The molecule has 1 unspecified atom stereocenters. The number of aliphatic hydroxyl groups is 1. The number of rotatable bonds is 6. The van der Waals surface area contributed by atoms with Crippen molar-refractivity contribution in [2.24, 2.45) is 0 Å². The van der Waals surface area contributed by atoms with Gasteiger partial charge in [0.2, 0.25) is 0 Å². The molecule has 1 N–H and O–H groups in total. The molecule has 2 aromatic carbocycles. The first kappa shape index (κ1) is 23.4. The Hall–Kier alpha value is -3.34. The largest absolute Gasteiger partial charge is 0.573 e. The first-order valence-corrected chi connectivity index (χ1v) is 11.6. The van der Waals surface area contributed by atoms with E-state index in [-0.39, 0.29) is 23.3 Å². The van der Waals surface area contributed by atoms with Gasteiger partial charge in [-0.1, -0.05) is 42.5 Å². The maximum absolute atomic E-state index is 13.1. The number of pyridine rings is 1. The second kappa shape index (κ2) is 9.73. The fraction of sp³-hybridized carbons (Fsp3) is 0.200. The molecule has 0 radical (unpaired) electrons. The number of aliphatic hydroxyl groups excluding tert-OH is 1. The topological polar surface area (TPSA) is 63.4 Å². The number of aromatic nitrogens is 3. The summed E-state index contributed by atoms with van der Waals surface area (Å²) in [5.74, 6) is 1.14. The summed E-state index contributed by atoms with van der Waals surface area (Å²) in [5, 5.41) is 9.61. The number of hydrogen-bond donors (Lipinski definition) is 1. The second-order valence-electron chi connectivity index (χ2n) is 8.00. The van der Waals surface area contributed by atoms with Crippen LogP contribution in [0, 0.1) is 0 Å². The van der Waals surface area contributed by atoms with Gasteiger partial charge in [-0.05, 0) is 47.7 Å². The van der Waals surface area contributed by atoms with Crippen LogP contribution in [0.1, 0.15) is 28.6 Å². The first-order chi connectivity index (χ1) is 16.9. The van der Waals surface area contributed by atoms with Gasteiger partial charge in [0.1, 0.15) is 17.4 Å². The number of hydrogen-bond acceptors (Lipinski definition) is 6. The predicted octanol–water partition coefficient (Wildman–Crippen LogP) is 5.46. The summed E-state index contributed by atoms with van der Waals surface area (Å²) in [7, 11) is 0. The predicted molar refractivity (Wildman–Crippen MR) is 125 cm³/mol. The summed E-state index contributed by atoms with van der Waals surface area (Å²) in [6.07, 6.45) is 0.985. The van der Waals surface area contributed by atoms with Gasteiger partial charge in [-0.2, -0.15) is 0 Å². The summed E-state index contributed by atoms with van der Waals surface area (Å²) in [4.78, 5) is 9.41. The minimum Gasteiger partial charge on any atom is -0.405 e. The number of alkyl halides is 3. The Labute approximate surface area is 204 Å². The Morgan fingerprint density at radius 2 is 1.83 bits per heavy atom. The molecule has 3 heterocycles. The quantitative estimate of drug-likeness (QED) is 0.356. The Balaban J connectivity index is 1.60. The van der Waals surface area contributed by atoms with Gasteiger partial charge >= 0.3 is 6.36 Å². The van der Waals surface area contributed by atoms with Crippen LogP contribution in [-0.2, 0) is 19.6 Å². The SMILES string of the molecule is OCc1ccc(OC(F)(F)F)c(SN2Cc3cccnc3-n3ccnc3C2Cc2ccccc2)c1. The maximum atomic E-state index is 13.1.